The number of carbonyl (C=O) groups excluding carboxylic acids is 1. The third-order valence-electron chi connectivity index (χ3n) is 3.17. The zero-order valence-electron chi connectivity index (χ0n) is 11.7. The molecule has 5 heteroatoms. The molecule has 0 atom stereocenters. The lowest BCUT2D eigenvalue weighted by Gasteiger charge is -2.13. The van der Waals surface area contributed by atoms with Crippen molar-refractivity contribution in [3.8, 4) is 11.5 Å². The number of halogens is 2. The highest BCUT2D eigenvalue weighted by atomic mass is 79.9. The van der Waals surface area contributed by atoms with Crippen LogP contribution in [0.15, 0.2) is 34.8 Å². The van der Waals surface area contributed by atoms with E-state index in [-0.39, 0.29) is 0 Å². The maximum atomic E-state index is 10.9. The summed E-state index contributed by atoms with van der Waals surface area (Å²) in [6.07, 6.45) is 0.701. The molecule has 0 unspecified atom stereocenters. The summed E-state index contributed by atoms with van der Waals surface area (Å²) in [4.78, 5) is 10.9. The lowest BCUT2D eigenvalue weighted by Crippen LogP contribution is -2.00. The van der Waals surface area contributed by atoms with Crippen LogP contribution in [-0.2, 0) is 6.61 Å². The van der Waals surface area contributed by atoms with Crippen LogP contribution in [-0.4, -0.2) is 13.4 Å². The number of benzene rings is 2. The minimum Gasteiger partial charge on any atom is -0.496 e. The molecule has 2 rings (SSSR count). The molecule has 0 radical (unpaired) electrons. The lowest BCUT2D eigenvalue weighted by atomic mass is 10.1. The molecule has 0 saturated heterocycles. The van der Waals surface area contributed by atoms with Gasteiger partial charge in [0.1, 0.15) is 18.1 Å². The number of carbonyl (C=O) groups is 1. The molecule has 0 aliphatic rings. The Kier molecular flexibility index (Phi) is 5.26. The number of hydrogen-bond donors (Lipinski definition) is 0. The molecule has 2 aromatic carbocycles. The highest BCUT2D eigenvalue weighted by molar-refractivity contribution is 9.10. The minimum absolute atomic E-state index is 0.380. The van der Waals surface area contributed by atoms with Crippen molar-refractivity contribution in [2.24, 2.45) is 0 Å². The predicted octanol–water partition coefficient (Wildman–Crippen LogP) is 4.81. The van der Waals surface area contributed by atoms with Gasteiger partial charge in [-0.1, -0.05) is 39.7 Å². The van der Waals surface area contributed by atoms with Crippen LogP contribution in [0.4, 0.5) is 0 Å². The van der Waals surface area contributed by atoms with Gasteiger partial charge in [0, 0.05) is 10.5 Å². The topological polar surface area (TPSA) is 35.5 Å². The number of hydrogen-bond acceptors (Lipinski definition) is 3. The van der Waals surface area contributed by atoms with Crippen molar-refractivity contribution < 1.29 is 14.3 Å². The van der Waals surface area contributed by atoms with Gasteiger partial charge in [0.2, 0.25) is 0 Å². The van der Waals surface area contributed by atoms with Crippen molar-refractivity contribution in [3.63, 3.8) is 0 Å². The Morgan fingerprint density at radius 3 is 2.71 bits per heavy atom. The minimum atomic E-state index is 0.380. The summed E-state index contributed by atoms with van der Waals surface area (Å²) < 4.78 is 11.9. The van der Waals surface area contributed by atoms with Crippen molar-refractivity contribution >= 4 is 33.8 Å². The molecule has 0 heterocycles. The van der Waals surface area contributed by atoms with Gasteiger partial charge >= 0.3 is 0 Å². The van der Waals surface area contributed by atoms with E-state index in [1.807, 2.05) is 25.1 Å². The molecule has 0 amide bonds. The van der Waals surface area contributed by atoms with Crippen molar-refractivity contribution in [1.29, 1.82) is 0 Å². The molecular formula is C16H14BrClO3. The fourth-order valence-electron chi connectivity index (χ4n) is 1.89. The first-order chi connectivity index (χ1) is 10.1. The SMILES string of the molecule is COc1cc(OCc2cccc(Br)c2C)c(Cl)cc1C=O. The van der Waals surface area contributed by atoms with E-state index in [0.29, 0.717) is 35.0 Å². The highest BCUT2D eigenvalue weighted by Crippen LogP contribution is 2.33. The summed E-state index contributed by atoms with van der Waals surface area (Å²) in [5.41, 5.74) is 2.57. The Bertz CT molecular complexity index is 671. The average molecular weight is 370 g/mol. The molecule has 0 saturated carbocycles. The van der Waals surface area contributed by atoms with E-state index in [0.717, 1.165) is 15.6 Å². The highest BCUT2D eigenvalue weighted by Gasteiger charge is 2.11. The number of aldehydes is 1. The third-order valence-corrected chi connectivity index (χ3v) is 4.33. The molecule has 21 heavy (non-hydrogen) atoms. The molecule has 110 valence electrons. The molecule has 0 fully saturated rings. The maximum Gasteiger partial charge on any atom is 0.153 e. The molecule has 0 bridgehead atoms. The van der Waals surface area contributed by atoms with Crippen LogP contribution in [0, 0.1) is 6.92 Å². The smallest absolute Gasteiger partial charge is 0.153 e. The van der Waals surface area contributed by atoms with Gasteiger partial charge in [-0.3, -0.25) is 4.79 Å². The van der Waals surface area contributed by atoms with E-state index in [1.54, 1.807) is 6.07 Å². The lowest BCUT2D eigenvalue weighted by molar-refractivity contribution is 0.112. The van der Waals surface area contributed by atoms with E-state index < -0.39 is 0 Å². The van der Waals surface area contributed by atoms with Crippen molar-refractivity contribution in [1.82, 2.24) is 0 Å². The second-order valence-corrected chi connectivity index (χ2v) is 5.72. The predicted molar refractivity (Wildman–Crippen MR) is 86.6 cm³/mol. The summed E-state index contributed by atoms with van der Waals surface area (Å²) in [6, 6.07) is 9.09. The largest absolute Gasteiger partial charge is 0.496 e. The zero-order valence-corrected chi connectivity index (χ0v) is 14.0. The zero-order chi connectivity index (χ0) is 15.4. The van der Waals surface area contributed by atoms with Crippen LogP contribution >= 0.6 is 27.5 Å². The third kappa shape index (κ3) is 3.57. The van der Waals surface area contributed by atoms with Gasteiger partial charge in [-0.15, -0.1) is 0 Å². The second-order valence-electron chi connectivity index (χ2n) is 4.46. The molecule has 2 aromatic rings. The molecule has 0 aliphatic heterocycles. The van der Waals surface area contributed by atoms with Gasteiger partial charge in [-0.05, 0) is 30.2 Å². The molecule has 0 spiro atoms. The van der Waals surface area contributed by atoms with Gasteiger partial charge in [-0.25, -0.2) is 0 Å². The monoisotopic (exact) mass is 368 g/mol. The maximum absolute atomic E-state index is 10.9. The van der Waals surface area contributed by atoms with Crippen molar-refractivity contribution in [2.45, 2.75) is 13.5 Å². The number of ether oxygens (including phenoxy) is 2. The molecule has 0 aliphatic carbocycles. The van der Waals surface area contributed by atoms with E-state index in [4.69, 9.17) is 21.1 Å². The standard InChI is InChI=1S/C16H14BrClO3/c1-10-11(4-3-5-13(10)17)9-21-16-7-15(20-2)12(8-19)6-14(16)18/h3-8H,9H2,1-2H3. The first-order valence-corrected chi connectivity index (χ1v) is 7.43. The molecule has 0 aromatic heterocycles. The van der Waals surface area contributed by atoms with Crippen molar-refractivity contribution in [2.75, 3.05) is 7.11 Å². The van der Waals surface area contributed by atoms with Gasteiger partial charge in [0.15, 0.2) is 6.29 Å². The fraction of sp³-hybridized carbons (Fsp3) is 0.188. The normalized spacial score (nSPS) is 10.3. The summed E-state index contributed by atoms with van der Waals surface area (Å²) in [5.74, 6) is 0.925. The summed E-state index contributed by atoms with van der Waals surface area (Å²) in [6.45, 7) is 2.40. The van der Waals surface area contributed by atoms with Crippen LogP contribution in [0.25, 0.3) is 0 Å². The van der Waals surface area contributed by atoms with E-state index in [2.05, 4.69) is 15.9 Å². The molecule has 3 nitrogen and oxygen atoms in total. The quantitative estimate of drug-likeness (QED) is 0.709. The van der Waals surface area contributed by atoms with Crippen molar-refractivity contribution in [3.05, 3.63) is 56.5 Å². The van der Waals surface area contributed by atoms with Crippen LogP contribution in [0.5, 0.6) is 11.5 Å². The fourth-order valence-corrected chi connectivity index (χ4v) is 2.53. The Balaban J connectivity index is 2.24. The number of methoxy groups -OCH3 is 1. The van der Waals surface area contributed by atoms with E-state index in [9.17, 15) is 4.79 Å². The van der Waals surface area contributed by atoms with Crippen LogP contribution < -0.4 is 9.47 Å². The first kappa shape index (κ1) is 15.9. The van der Waals surface area contributed by atoms with Crippen LogP contribution in [0.3, 0.4) is 0 Å². The van der Waals surface area contributed by atoms with Gasteiger partial charge in [0.25, 0.3) is 0 Å². The van der Waals surface area contributed by atoms with E-state index in [1.165, 1.54) is 13.2 Å². The summed E-state index contributed by atoms with van der Waals surface area (Å²) in [7, 11) is 1.50. The summed E-state index contributed by atoms with van der Waals surface area (Å²) >= 11 is 9.61. The Morgan fingerprint density at radius 1 is 1.29 bits per heavy atom. The Hall–Kier alpha value is -1.52. The van der Waals surface area contributed by atoms with E-state index >= 15 is 0 Å². The first-order valence-electron chi connectivity index (χ1n) is 6.26. The Morgan fingerprint density at radius 2 is 2.05 bits per heavy atom. The van der Waals surface area contributed by atoms with Crippen LogP contribution in [0.2, 0.25) is 5.02 Å². The van der Waals surface area contributed by atoms with Crippen LogP contribution in [0.1, 0.15) is 21.5 Å². The second kappa shape index (κ2) is 6.96. The summed E-state index contributed by atoms with van der Waals surface area (Å²) in [5, 5.41) is 0.380. The van der Waals surface area contributed by atoms with Gasteiger partial charge in [-0.2, -0.15) is 0 Å². The van der Waals surface area contributed by atoms with Gasteiger partial charge < -0.3 is 9.47 Å². The average Bonchev–Trinajstić information content (AvgIpc) is 2.49. The molecular weight excluding hydrogens is 356 g/mol. The number of rotatable bonds is 5. The molecule has 0 N–H and O–H groups in total. The Labute approximate surface area is 137 Å². The van der Waals surface area contributed by atoms with Gasteiger partial charge in [0.05, 0.1) is 17.7 Å².